The monoisotopic (exact) mass is 362 g/mol. The molecule has 0 aliphatic heterocycles. The van der Waals surface area contributed by atoms with Crippen LogP contribution in [0, 0.1) is 0 Å². The van der Waals surface area contributed by atoms with Crippen LogP contribution < -0.4 is 10.1 Å². The van der Waals surface area contributed by atoms with Crippen molar-refractivity contribution in [2.24, 2.45) is 0 Å². The van der Waals surface area contributed by atoms with Gasteiger partial charge < -0.3 is 10.1 Å². The van der Waals surface area contributed by atoms with Gasteiger partial charge in [0.1, 0.15) is 5.75 Å². The van der Waals surface area contributed by atoms with Crippen LogP contribution in [0.3, 0.4) is 0 Å². The molecular formula is C18H22N2O4S. The van der Waals surface area contributed by atoms with Gasteiger partial charge in [-0.05, 0) is 25.1 Å². The van der Waals surface area contributed by atoms with E-state index in [1.165, 1.54) is 19.2 Å². The number of carbonyl (C=O) groups is 1. The third-order valence-corrected chi connectivity index (χ3v) is 5.38. The fraction of sp³-hybridized carbons (Fsp3) is 0.278. The molecule has 0 bridgehead atoms. The third-order valence-electron chi connectivity index (χ3n) is 3.57. The van der Waals surface area contributed by atoms with Gasteiger partial charge in [0.15, 0.2) is 0 Å². The molecule has 0 saturated carbocycles. The lowest BCUT2D eigenvalue weighted by molar-refractivity contribution is -0.121. The summed E-state index contributed by atoms with van der Waals surface area (Å²) in [5, 5.41) is 2.73. The highest BCUT2D eigenvalue weighted by atomic mass is 32.2. The van der Waals surface area contributed by atoms with E-state index < -0.39 is 10.0 Å². The van der Waals surface area contributed by atoms with Crippen LogP contribution in [-0.2, 0) is 21.4 Å². The van der Waals surface area contributed by atoms with Gasteiger partial charge in [-0.15, -0.1) is 0 Å². The van der Waals surface area contributed by atoms with E-state index in [0.29, 0.717) is 12.4 Å². The maximum absolute atomic E-state index is 12.4. The highest BCUT2D eigenvalue weighted by molar-refractivity contribution is 7.89. The van der Waals surface area contributed by atoms with E-state index in [2.05, 4.69) is 5.32 Å². The van der Waals surface area contributed by atoms with Crippen molar-refractivity contribution in [3.05, 3.63) is 60.2 Å². The van der Waals surface area contributed by atoms with Crippen molar-refractivity contribution in [3.63, 3.8) is 0 Å². The molecule has 1 amide bonds. The Labute approximate surface area is 148 Å². The topological polar surface area (TPSA) is 75.7 Å². The largest absolute Gasteiger partial charge is 0.494 e. The first-order valence-electron chi connectivity index (χ1n) is 7.94. The second-order valence-corrected chi connectivity index (χ2v) is 7.44. The lowest BCUT2D eigenvalue weighted by Crippen LogP contribution is -2.38. The Morgan fingerprint density at radius 1 is 1.08 bits per heavy atom. The molecule has 6 nitrogen and oxygen atoms in total. The highest BCUT2D eigenvalue weighted by Crippen LogP contribution is 2.17. The fourth-order valence-electron chi connectivity index (χ4n) is 2.26. The Bertz CT molecular complexity index is 807. The lowest BCUT2D eigenvalue weighted by atomic mass is 10.2. The zero-order chi connectivity index (χ0) is 18.3. The number of carbonyl (C=O) groups excluding carboxylic acids is 1. The van der Waals surface area contributed by atoms with Crippen LogP contribution in [0.15, 0.2) is 59.5 Å². The van der Waals surface area contributed by atoms with Crippen molar-refractivity contribution in [1.82, 2.24) is 9.62 Å². The predicted octanol–water partition coefficient (Wildman–Crippen LogP) is 2.02. The number of hydrogen-bond donors (Lipinski definition) is 1. The average Bonchev–Trinajstić information content (AvgIpc) is 2.62. The third kappa shape index (κ3) is 5.04. The molecule has 7 heteroatoms. The summed E-state index contributed by atoms with van der Waals surface area (Å²) in [6.45, 7) is 2.43. The summed E-state index contributed by atoms with van der Waals surface area (Å²) in [5.74, 6) is 0.323. The van der Waals surface area contributed by atoms with E-state index in [-0.39, 0.29) is 23.9 Å². The molecule has 1 N–H and O–H groups in total. The van der Waals surface area contributed by atoms with Gasteiger partial charge in [-0.2, -0.15) is 4.31 Å². The van der Waals surface area contributed by atoms with E-state index in [1.54, 1.807) is 18.2 Å². The van der Waals surface area contributed by atoms with E-state index in [0.717, 1.165) is 9.87 Å². The van der Waals surface area contributed by atoms with Gasteiger partial charge in [0.2, 0.25) is 15.9 Å². The van der Waals surface area contributed by atoms with E-state index in [1.807, 2.05) is 31.2 Å². The van der Waals surface area contributed by atoms with Crippen LogP contribution in [-0.4, -0.2) is 38.8 Å². The first-order valence-corrected chi connectivity index (χ1v) is 9.38. The zero-order valence-corrected chi connectivity index (χ0v) is 15.1. The van der Waals surface area contributed by atoms with Gasteiger partial charge >= 0.3 is 0 Å². The van der Waals surface area contributed by atoms with Gasteiger partial charge in [-0.1, -0.05) is 36.4 Å². The van der Waals surface area contributed by atoms with Crippen molar-refractivity contribution < 1.29 is 17.9 Å². The number of benzene rings is 2. The van der Waals surface area contributed by atoms with Gasteiger partial charge in [-0.3, -0.25) is 4.79 Å². The van der Waals surface area contributed by atoms with Crippen molar-refractivity contribution in [3.8, 4) is 5.75 Å². The van der Waals surface area contributed by atoms with E-state index in [4.69, 9.17) is 4.74 Å². The molecule has 0 aromatic heterocycles. The Morgan fingerprint density at radius 3 is 2.40 bits per heavy atom. The summed E-state index contributed by atoms with van der Waals surface area (Å²) < 4.78 is 31.4. The summed E-state index contributed by atoms with van der Waals surface area (Å²) in [5.41, 5.74) is 0.839. The van der Waals surface area contributed by atoms with Crippen LogP contribution in [0.1, 0.15) is 12.5 Å². The molecule has 0 radical (unpaired) electrons. The molecule has 0 saturated heterocycles. The maximum atomic E-state index is 12.4. The fourth-order valence-corrected chi connectivity index (χ4v) is 3.40. The molecule has 0 atom stereocenters. The van der Waals surface area contributed by atoms with Gasteiger partial charge in [0, 0.05) is 19.2 Å². The summed E-state index contributed by atoms with van der Waals surface area (Å²) in [7, 11) is -2.30. The van der Waals surface area contributed by atoms with Crippen molar-refractivity contribution >= 4 is 15.9 Å². The molecule has 0 unspecified atom stereocenters. The Hall–Kier alpha value is -2.38. The van der Waals surface area contributed by atoms with Crippen LogP contribution >= 0.6 is 0 Å². The molecule has 2 rings (SSSR count). The Balaban J connectivity index is 1.96. The second-order valence-electron chi connectivity index (χ2n) is 5.39. The minimum Gasteiger partial charge on any atom is -0.494 e. The predicted molar refractivity (Wildman–Crippen MR) is 95.7 cm³/mol. The number of nitrogens with one attached hydrogen (secondary N) is 1. The normalized spacial score (nSPS) is 11.3. The van der Waals surface area contributed by atoms with Crippen molar-refractivity contribution in [1.29, 1.82) is 0 Å². The quantitative estimate of drug-likeness (QED) is 0.780. The van der Waals surface area contributed by atoms with Gasteiger partial charge in [-0.25, -0.2) is 8.42 Å². The molecular weight excluding hydrogens is 340 g/mol. The van der Waals surface area contributed by atoms with Gasteiger partial charge in [0.25, 0.3) is 0 Å². The number of ether oxygens (including phenoxy) is 1. The smallest absolute Gasteiger partial charge is 0.243 e. The molecule has 0 aliphatic rings. The number of rotatable bonds is 8. The van der Waals surface area contributed by atoms with Crippen LogP contribution in [0.2, 0.25) is 0 Å². The summed E-state index contributed by atoms with van der Waals surface area (Å²) in [6.07, 6.45) is 0. The van der Waals surface area contributed by atoms with Crippen LogP contribution in [0.4, 0.5) is 0 Å². The first kappa shape index (κ1) is 19.0. The molecule has 0 heterocycles. The van der Waals surface area contributed by atoms with Gasteiger partial charge in [0.05, 0.1) is 18.0 Å². The Kier molecular flexibility index (Phi) is 6.55. The van der Waals surface area contributed by atoms with Crippen LogP contribution in [0.25, 0.3) is 0 Å². The maximum Gasteiger partial charge on any atom is 0.243 e. The minimum atomic E-state index is -3.69. The number of nitrogens with zero attached hydrogens (tertiary/aromatic N) is 1. The molecule has 2 aromatic rings. The van der Waals surface area contributed by atoms with E-state index in [9.17, 15) is 13.2 Å². The minimum absolute atomic E-state index is 0.159. The number of para-hydroxylation sites is 1. The second kappa shape index (κ2) is 8.64. The summed E-state index contributed by atoms with van der Waals surface area (Å²) in [4.78, 5) is 12.3. The standard InChI is InChI=1S/C18H22N2O4S/c1-3-24-17-12-8-7-9-15(17)13-19-18(21)14-20(2)25(22,23)16-10-5-4-6-11-16/h4-12H,3,13-14H2,1-2H3,(H,19,21). The average molecular weight is 362 g/mol. The lowest BCUT2D eigenvalue weighted by Gasteiger charge is -2.17. The molecule has 2 aromatic carbocycles. The number of likely N-dealkylation sites (N-methyl/N-ethyl adjacent to an activating group) is 1. The highest BCUT2D eigenvalue weighted by Gasteiger charge is 2.22. The molecule has 25 heavy (non-hydrogen) atoms. The number of sulfonamides is 1. The number of amides is 1. The molecule has 0 spiro atoms. The van der Waals surface area contributed by atoms with Crippen molar-refractivity contribution in [2.75, 3.05) is 20.2 Å². The van der Waals surface area contributed by atoms with Crippen LogP contribution in [0.5, 0.6) is 5.75 Å². The van der Waals surface area contributed by atoms with Crippen molar-refractivity contribution in [2.45, 2.75) is 18.4 Å². The molecule has 0 fully saturated rings. The van der Waals surface area contributed by atoms with E-state index >= 15 is 0 Å². The summed E-state index contributed by atoms with van der Waals surface area (Å²) in [6, 6.07) is 15.4. The number of hydrogen-bond acceptors (Lipinski definition) is 4. The SMILES string of the molecule is CCOc1ccccc1CNC(=O)CN(C)S(=O)(=O)c1ccccc1. The zero-order valence-electron chi connectivity index (χ0n) is 14.3. The molecule has 134 valence electrons. The Morgan fingerprint density at radius 2 is 1.72 bits per heavy atom. The molecule has 0 aliphatic carbocycles. The first-order chi connectivity index (χ1) is 11.9. The summed E-state index contributed by atoms with van der Waals surface area (Å²) >= 11 is 0.